The standard InChI is InChI=1S/C11H15ClN2OS.2C10H13N3OS.CH4/c1-13-16(15)6-2-3-10(16)7-9-4-5-11(12)14-8-9;2*1-8-4-5-10(6-12-8)9(2)15(3,14)13-7-11;/h4-5,8,10H,2-3,6-7H2,1H3;2*4-6,9H,1-3H3;1H4. The number of nitriles is 2. The number of rotatable bonds is 6. The Hall–Kier alpha value is -3.43. The van der Waals surface area contributed by atoms with Gasteiger partial charge in [0.25, 0.3) is 0 Å². The van der Waals surface area contributed by atoms with Crippen LogP contribution in [0, 0.1) is 36.8 Å². The third kappa shape index (κ3) is 12.6. The molecular weight excluding hydrogens is 676 g/mol. The van der Waals surface area contributed by atoms with Gasteiger partial charge >= 0.3 is 0 Å². The first-order valence-electron chi connectivity index (χ1n) is 14.3. The Morgan fingerprint density at radius 2 is 1.38 bits per heavy atom. The van der Waals surface area contributed by atoms with E-state index in [4.69, 9.17) is 22.1 Å². The summed E-state index contributed by atoms with van der Waals surface area (Å²) in [5.41, 5.74) is 4.59. The molecule has 0 saturated carbocycles. The number of hydrogen-bond acceptors (Lipinski definition) is 11. The average Bonchev–Trinajstić information content (AvgIpc) is 3.39. The second kappa shape index (κ2) is 18.8. The minimum absolute atomic E-state index is 0. The zero-order chi connectivity index (χ0) is 34.5. The molecule has 15 heteroatoms. The number of aryl methyl sites for hydroxylation is 2. The van der Waals surface area contributed by atoms with Gasteiger partial charge in [-0.1, -0.05) is 37.2 Å². The molecule has 6 atom stereocenters. The van der Waals surface area contributed by atoms with E-state index < -0.39 is 29.2 Å². The predicted molar refractivity (Wildman–Crippen MR) is 193 cm³/mol. The van der Waals surface area contributed by atoms with Crippen molar-refractivity contribution in [2.75, 3.05) is 25.3 Å². The van der Waals surface area contributed by atoms with Gasteiger partial charge in [-0.05, 0) is 81.8 Å². The first-order chi connectivity index (χ1) is 21.6. The number of nitrogens with zero attached hydrogens (tertiary/aromatic N) is 8. The third-order valence-corrected chi connectivity index (χ3v) is 14.8. The number of halogens is 1. The third-order valence-electron chi connectivity index (χ3n) is 7.61. The highest BCUT2D eigenvalue weighted by atomic mass is 35.5. The lowest BCUT2D eigenvalue weighted by Crippen LogP contribution is -2.18. The summed E-state index contributed by atoms with van der Waals surface area (Å²) >= 11 is 5.73. The lowest BCUT2D eigenvalue weighted by molar-refractivity contribution is 0.666. The van der Waals surface area contributed by atoms with Crippen LogP contribution >= 0.6 is 11.6 Å². The highest BCUT2D eigenvalue weighted by molar-refractivity contribution is 7.94. The smallest absolute Gasteiger partial charge is 0.214 e. The second-order valence-electron chi connectivity index (χ2n) is 10.9. The van der Waals surface area contributed by atoms with E-state index in [1.54, 1.807) is 57.9 Å². The molecule has 6 unspecified atom stereocenters. The quantitative estimate of drug-likeness (QED) is 0.189. The minimum atomic E-state index is -2.50. The predicted octanol–water partition coefficient (Wildman–Crippen LogP) is 7.23. The van der Waals surface area contributed by atoms with Gasteiger partial charge in [-0.3, -0.25) is 9.97 Å². The van der Waals surface area contributed by atoms with Crippen molar-refractivity contribution in [3.63, 3.8) is 0 Å². The molecule has 0 aromatic carbocycles. The SMILES string of the molecule is C.CN=S1(=O)CCCC1Cc1ccc(Cl)nc1.Cc1ccc(C(C)S(C)(=O)=NC#N)cn1.Cc1ccc(C(C)S(C)(=O)=NC#N)cn1. The van der Waals surface area contributed by atoms with Crippen LogP contribution < -0.4 is 0 Å². The van der Waals surface area contributed by atoms with Gasteiger partial charge in [-0.15, -0.1) is 8.73 Å². The summed E-state index contributed by atoms with van der Waals surface area (Å²) in [4.78, 5) is 12.3. The molecule has 1 saturated heterocycles. The van der Waals surface area contributed by atoms with E-state index in [0.29, 0.717) is 5.15 Å². The van der Waals surface area contributed by atoms with Crippen molar-refractivity contribution in [1.29, 1.82) is 10.5 Å². The molecule has 1 aliphatic rings. The molecule has 11 nitrogen and oxygen atoms in total. The van der Waals surface area contributed by atoms with Crippen molar-refractivity contribution in [2.24, 2.45) is 13.1 Å². The van der Waals surface area contributed by atoms with Crippen molar-refractivity contribution in [3.05, 3.63) is 88.2 Å². The summed E-state index contributed by atoms with van der Waals surface area (Å²) in [7, 11) is -5.31. The summed E-state index contributed by atoms with van der Waals surface area (Å²) in [5, 5.41) is 17.0. The minimum Gasteiger partial charge on any atom is -0.261 e. The lowest BCUT2D eigenvalue weighted by Gasteiger charge is -2.12. The van der Waals surface area contributed by atoms with Gasteiger partial charge in [0.15, 0.2) is 0 Å². The van der Waals surface area contributed by atoms with E-state index >= 15 is 0 Å². The van der Waals surface area contributed by atoms with Crippen LogP contribution in [0.25, 0.3) is 0 Å². The molecule has 0 aliphatic carbocycles. The molecule has 0 N–H and O–H groups in total. The molecule has 0 bridgehead atoms. The van der Waals surface area contributed by atoms with E-state index in [1.807, 2.05) is 44.2 Å². The number of hydrogen-bond donors (Lipinski definition) is 0. The number of aromatic nitrogens is 3. The van der Waals surface area contributed by atoms with Crippen LogP contribution in [0.3, 0.4) is 0 Å². The van der Waals surface area contributed by atoms with Crippen LogP contribution in [-0.2, 0) is 35.6 Å². The summed E-state index contributed by atoms with van der Waals surface area (Å²) in [6, 6.07) is 11.2. The summed E-state index contributed by atoms with van der Waals surface area (Å²) in [6.07, 6.45) is 14.1. The summed E-state index contributed by atoms with van der Waals surface area (Å²) < 4.78 is 47.3. The molecule has 3 aromatic heterocycles. The van der Waals surface area contributed by atoms with Crippen LogP contribution in [0.15, 0.2) is 68.1 Å². The van der Waals surface area contributed by atoms with Crippen LogP contribution in [-0.4, -0.2) is 58.1 Å². The highest BCUT2D eigenvalue weighted by Crippen LogP contribution is 2.26. The van der Waals surface area contributed by atoms with E-state index in [-0.39, 0.29) is 23.2 Å². The molecule has 1 aliphatic heterocycles. The van der Waals surface area contributed by atoms with Crippen molar-refractivity contribution in [1.82, 2.24) is 15.0 Å². The zero-order valence-electron chi connectivity index (χ0n) is 27.2. The Labute approximate surface area is 286 Å². The van der Waals surface area contributed by atoms with Crippen LogP contribution in [0.4, 0.5) is 0 Å². The monoisotopic (exact) mass is 720 g/mol. The Morgan fingerprint density at radius 3 is 1.74 bits per heavy atom. The molecule has 0 spiro atoms. The molecule has 3 aromatic rings. The normalized spacial score (nSPS) is 20.3. The fourth-order valence-corrected chi connectivity index (χ4v) is 8.82. The molecule has 0 radical (unpaired) electrons. The fourth-order valence-electron chi connectivity index (χ4n) is 4.40. The van der Waals surface area contributed by atoms with Crippen molar-refractivity contribution < 1.29 is 12.6 Å². The molecule has 4 rings (SSSR count). The molecular formula is C32H45ClN8O3S3. The van der Waals surface area contributed by atoms with Crippen molar-refractivity contribution >= 4 is 40.8 Å². The van der Waals surface area contributed by atoms with Gasteiger partial charge in [0.1, 0.15) is 5.15 Å². The van der Waals surface area contributed by atoms with Crippen molar-refractivity contribution in [2.45, 2.75) is 70.1 Å². The topological polar surface area (TPSA) is 175 Å². The van der Waals surface area contributed by atoms with Gasteiger partial charge in [0, 0.05) is 70.3 Å². The van der Waals surface area contributed by atoms with E-state index in [9.17, 15) is 12.6 Å². The first-order valence-corrected chi connectivity index (χ1v) is 20.4. The molecule has 4 heterocycles. The van der Waals surface area contributed by atoms with Crippen LogP contribution in [0.5, 0.6) is 0 Å². The van der Waals surface area contributed by atoms with Gasteiger partial charge in [0.05, 0.1) is 30.0 Å². The van der Waals surface area contributed by atoms with Crippen LogP contribution in [0.2, 0.25) is 5.15 Å². The van der Waals surface area contributed by atoms with Crippen LogP contribution in [0.1, 0.15) is 72.7 Å². The van der Waals surface area contributed by atoms with Gasteiger partial charge in [-0.25, -0.2) is 22.0 Å². The molecule has 1 fully saturated rings. The average molecular weight is 721 g/mol. The second-order valence-corrected chi connectivity index (χ2v) is 19.3. The number of pyridine rings is 3. The van der Waals surface area contributed by atoms with E-state index in [1.165, 1.54) is 12.5 Å². The molecule has 47 heavy (non-hydrogen) atoms. The summed E-state index contributed by atoms with van der Waals surface area (Å²) in [5.74, 6) is 0.745. The maximum atomic E-state index is 12.3. The van der Waals surface area contributed by atoms with Gasteiger partial charge in [-0.2, -0.15) is 10.5 Å². The maximum absolute atomic E-state index is 12.3. The Kier molecular flexibility index (Phi) is 16.6. The first kappa shape index (κ1) is 41.6. The fraction of sp³-hybridized carbons (Fsp3) is 0.469. The lowest BCUT2D eigenvalue weighted by atomic mass is 10.1. The Balaban J connectivity index is 0.000000349. The Bertz CT molecular complexity index is 1820. The highest BCUT2D eigenvalue weighted by Gasteiger charge is 2.29. The largest absolute Gasteiger partial charge is 0.261 e. The Morgan fingerprint density at radius 1 is 0.894 bits per heavy atom. The zero-order valence-corrected chi connectivity index (χ0v) is 30.4. The molecule has 256 valence electrons. The van der Waals surface area contributed by atoms with E-state index in [2.05, 4.69) is 28.0 Å². The van der Waals surface area contributed by atoms with Crippen molar-refractivity contribution in [3.8, 4) is 12.4 Å². The van der Waals surface area contributed by atoms with E-state index in [0.717, 1.165) is 53.1 Å². The van der Waals surface area contributed by atoms with Gasteiger partial charge < -0.3 is 0 Å². The summed E-state index contributed by atoms with van der Waals surface area (Å²) in [6.45, 7) is 7.35. The van der Waals surface area contributed by atoms with Gasteiger partial charge in [0.2, 0.25) is 12.4 Å². The maximum Gasteiger partial charge on any atom is 0.214 e. The molecule has 0 amide bonds.